The number of carbonyl (C=O) groups is 1. The summed E-state index contributed by atoms with van der Waals surface area (Å²) < 4.78 is 14.4. The van der Waals surface area contributed by atoms with E-state index >= 15 is 0 Å². The summed E-state index contributed by atoms with van der Waals surface area (Å²) in [5.74, 6) is -0.409. The van der Waals surface area contributed by atoms with Gasteiger partial charge in [-0.2, -0.15) is 10.2 Å². The highest BCUT2D eigenvalue weighted by molar-refractivity contribution is 6.04. The Morgan fingerprint density at radius 2 is 2.15 bits per heavy atom. The van der Waals surface area contributed by atoms with E-state index in [1.54, 1.807) is 12.3 Å². The zero-order valence-electron chi connectivity index (χ0n) is 19.3. The molecule has 0 saturated heterocycles. The van der Waals surface area contributed by atoms with Crippen LogP contribution >= 0.6 is 0 Å². The zero-order chi connectivity index (χ0) is 23.8. The summed E-state index contributed by atoms with van der Waals surface area (Å²) in [6.07, 6.45) is 3.88. The average Bonchev–Trinajstić information content (AvgIpc) is 3.40. The van der Waals surface area contributed by atoms with E-state index in [1.807, 2.05) is 24.1 Å². The Bertz CT molecular complexity index is 1200. The topological polar surface area (TPSA) is 89.5 Å². The van der Waals surface area contributed by atoms with E-state index in [-0.39, 0.29) is 5.41 Å². The van der Waals surface area contributed by atoms with E-state index in [4.69, 9.17) is 0 Å². The molecule has 172 valence electrons. The average molecular weight is 450 g/mol. The number of amides is 2. The Balaban J connectivity index is 1.61. The Hall–Kier alpha value is -3.75. The van der Waals surface area contributed by atoms with Gasteiger partial charge in [-0.25, -0.2) is 9.18 Å². The number of urea groups is 1. The quantitative estimate of drug-likeness (QED) is 0.425. The van der Waals surface area contributed by atoms with Gasteiger partial charge in [-0.1, -0.05) is 32.9 Å². The van der Waals surface area contributed by atoms with Crippen molar-refractivity contribution in [1.82, 2.24) is 15.2 Å². The van der Waals surface area contributed by atoms with Crippen molar-refractivity contribution in [2.24, 2.45) is 10.5 Å². The normalized spacial score (nSPS) is 13.1. The largest absolute Gasteiger partial charge is 0.326 e. The Labute approximate surface area is 192 Å². The molecule has 2 aromatic heterocycles. The molecule has 0 unspecified atom stereocenters. The number of rotatable bonds is 5. The predicted molar refractivity (Wildman–Crippen MR) is 129 cm³/mol. The maximum Gasteiger partial charge on any atom is 0.326 e. The fraction of sp³-hybridized carbons (Fsp3) is 0.333. The summed E-state index contributed by atoms with van der Waals surface area (Å²) in [4.78, 5) is 18.9. The second-order valence-electron chi connectivity index (χ2n) is 9.35. The van der Waals surface area contributed by atoms with Gasteiger partial charge in [0.15, 0.2) is 0 Å². The van der Waals surface area contributed by atoms with Crippen molar-refractivity contribution >= 4 is 29.8 Å². The maximum absolute atomic E-state index is 14.4. The molecule has 0 bridgehead atoms. The molecule has 3 heterocycles. The van der Waals surface area contributed by atoms with Gasteiger partial charge in [0.25, 0.3) is 0 Å². The monoisotopic (exact) mass is 449 g/mol. The summed E-state index contributed by atoms with van der Waals surface area (Å²) in [6.45, 7) is 13.2. The molecule has 0 saturated carbocycles. The number of hydrogen-bond acceptors (Lipinski definition) is 5. The number of anilines is 3. The highest BCUT2D eigenvalue weighted by atomic mass is 19.1. The number of H-pyrrole nitrogens is 1. The second kappa shape index (κ2) is 8.65. The molecule has 0 radical (unpaired) electrons. The first-order valence-corrected chi connectivity index (χ1v) is 10.8. The molecule has 2 N–H and O–H groups in total. The number of halogens is 1. The van der Waals surface area contributed by atoms with Crippen LogP contribution in [0.25, 0.3) is 11.4 Å². The van der Waals surface area contributed by atoms with Crippen molar-refractivity contribution in [3.63, 3.8) is 0 Å². The lowest BCUT2D eigenvalue weighted by atomic mass is 9.96. The lowest BCUT2D eigenvalue weighted by Crippen LogP contribution is -2.34. The van der Waals surface area contributed by atoms with Crippen LogP contribution in [0, 0.1) is 18.2 Å². The van der Waals surface area contributed by atoms with Crippen molar-refractivity contribution < 1.29 is 9.18 Å². The van der Waals surface area contributed by atoms with Gasteiger partial charge < -0.3 is 5.32 Å². The summed E-state index contributed by atoms with van der Waals surface area (Å²) in [5, 5.41) is 15.9. The molecule has 1 aliphatic heterocycles. The van der Waals surface area contributed by atoms with Crippen molar-refractivity contribution in [3.8, 4) is 11.4 Å². The molecule has 2 amide bonds. The Kier molecular flexibility index (Phi) is 5.88. The third-order valence-corrected chi connectivity index (χ3v) is 5.47. The van der Waals surface area contributed by atoms with Crippen LogP contribution in [0.3, 0.4) is 0 Å². The highest BCUT2D eigenvalue weighted by Crippen LogP contribution is 2.33. The van der Waals surface area contributed by atoms with Gasteiger partial charge in [0, 0.05) is 26.0 Å². The minimum Gasteiger partial charge on any atom is -0.304 e. The molecule has 4 rings (SSSR count). The van der Waals surface area contributed by atoms with Crippen molar-refractivity contribution in [1.29, 1.82) is 0 Å². The van der Waals surface area contributed by atoms with E-state index in [0.717, 1.165) is 16.8 Å². The SMILES string of the molecule is C=NN(CC(C)(C)C)c1cc(-c2[nH]ncc2NC(=O)N2CCc3cccc(F)c32)ncc1C. The first-order chi connectivity index (χ1) is 15.7. The fourth-order valence-corrected chi connectivity index (χ4v) is 3.96. The second-order valence-corrected chi connectivity index (χ2v) is 9.35. The molecule has 1 aliphatic rings. The minimum atomic E-state index is -0.420. The third kappa shape index (κ3) is 4.57. The molecule has 1 aromatic carbocycles. The van der Waals surface area contributed by atoms with Crippen LogP contribution in [0.2, 0.25) is 0 Å². The number of hydrazone groups is 1. The summed E-state index contributed by atoms with van der Waals surface area (Å²) >= 11 is 0. The van der Waals surface area contributed by atoms with E-state index in [1.165, 1.54) is 17.2 Å². The molecule has 8 nitrogen and oxygen atoms in total. The number of pyridine rings is 1. The van der Waals surface area contributed by atoms with Crippen molar-refractivity contribution in [2.75, 3.05) is 28.3 Å². The Morgan fingerprint density at radius 3 is 2.88 bits per heavy atom. The van der Waals surface area contributed by atoms with E-state index < -0.39 is 11.8 Å². The van der Waals surface area contributed by atoms with Gasteiger partial charge in [0.1, 0.15) is 11.5 Å². The van der Waals surface area contributed by atoms with Crippen LogP contribution in [0.1, 0.15) is 31.9 Å². The molecule has 9 heteroatoms. The fourth-order valence-electron chi connectivity index (χ4n) is 3.96. The number of aryl methyl sites for hydroxylation is 1. The van der Waals surface area contributed by atoms with Gasteiger partial charge in [-0.15, -0.1) is 0 Å². The number of aromatic nitrogens is 3. The van der Waals surface area contributed by atoms with Crippen LogP contribution in [0.5, 0.6) is 0 Å². The number of nitrogens with one attached hydrogen (secondary N) is 2. The molecule has 0 fully saturated rings. The summed E-state index contributed by atoms with van der Waals surface area (Å²) in [6, 6.07) is 6.33. The van der Waals surface area contributed by atoms with Gasteiger partial charge >= 0.3 is 6.03 Å². The number of hydrogen-bond donors (Lipinski definition) is 2. The lowest BCUT2D eigenvalue weighted by Gasteiger charge is -2.28. The number of para-hydroxylation sites is 1. The molecular formula is C24H28FN7O. The van der Waals surface area contributed by atoms with E-state index in [9.17, 15) is 9.18 Å². The highest BCUT2D eigenvalue weighted by Gasteiger charge is 2.28. The van der Waals surface area contributed by atoms with Crippen molar-refractivity contribution in [3.05, 3.63) is 53.6 Å². The lowest BCUT2D eigenvalue weighted by molar-refractivity contribution is 0.257. The van der Waals surface area contributed by atoms with Gasteiger partial charge in [-0.05, 0) is 42.0 Å². The maximum atomic E-state index is 14.4. The van der Waals surface area contributed by atoms with Crippen LogP contribution in [0.15, 0.2) is 41.8 Å². The van der Waals surface area contributed by atoms with Crippen molar-refractivity contribution in [2.45, 2.75) is 34.1 Å². The van der Waals surface area contributed by atoms with Crippen LogP contribution in [-0.2, 0) is 6.42 Å². The van der Waals surface area contributed by atoms with Gasteiger partial charge in [0.2, 0.25) is 0 Å². The molecule has 0 aliphatic carbocycles. The predicted octanol–water partition coefficient (Wildman–Crippen LogP) is 4.98. The first-order valence-electron chi connectivity index (χ1n) is 10.8. The van der Waals surface area contributed by atoms with Crippen LogP contribution in [-0.4, -0.2) is 41.0 Å². The summed E-state index contributed by atoms with van der Waals surface area (Å²) in [7, 11) is 0. The first kappa shape index (κ1) is 22.4. The number of fused-ring (bicyclic) bond motifs is 1. The third-order valence-electron chi connectivity index (χ3n) is 5.47. The number of benzene rings is 1. The number of nitrogens with zero attached hydrogens (tertiary/aromatic N) is 5. The minimum absolute atomic E-state index is 0.00544. The smallest absolute Gasteiger partial charge is 0.304 e. The molecular weight excluding hydrogens is 421 g/mol. The molecule has 0 atom stereocenters. The number of carbonyl (C=O) groups excluding carboxylic acids is 1. The summed E-state index contributed by atoms with van der Waals surface area (Å²) in [5.41, 5.74) is 4.57. The Morgan fingerprint density at radius 1 is 1.36 bits per heavy atom. The van der Waals surface area contributed by atoms with E-state index in [0.29, 0.717) is 42.3 Å². The molecule has 3 aromatic rings. The van der Waals surface area contributed by atoms with Crippen LogP contribution < -0.4 is 15.2 Å². The van der Waals surface area contributed by atoms with Gasteiger partial charge in [-0.3, -0.25) is 20.0 Å². The molecule has 33 heavy (non-hydrogen) atoms. The molecule has 0 spiro atoms. The number of aromatic amines is 1. The zero-order valence-corrected chi connectivity index (χ0v) is 19.3. The standard InChI is InChI=1S/C24H28FN7O/c1-15-12-27-18(11-20(15)32(26-5)14-24(2,3)4)21-19(13-28-30-21)29-23(33)31-10-9-16-7-6-8-17(25)22(16)31/h6-8,11-13H,5,9-10,14H2,1-4H3,(H,28,30)(H,29,33). The van der Waals surface area contributed by atoms with Gasteiger partial charge in [0.05, 0.1) is 29.0 Å². The van der Waals surface area contributed by atoms with Crippen LogP contribution in [0.4, 0.5) is 26.2 Å². The van der Waals surface area contributed by atoms with E-state index in [2.05, 4.69) is 53.1 Å².